The fourth-order valence-corrected chi connectivity index (χ4v) is 1.21. The molecule has 0 aromatic rings. The first-order valence-electron chi connectivity index (χ1n) is 3.55. The Balaban J connectivity index is 2.38. The first kappa shape index (κ1) is 7.03. The molecule has 3 atom stereocenters. The van der Waals surface area contributed by atoms with Crippen LogP contribution in [-0.4, -0.2) is 18.5 Å². The lowest BCUT2D eigenvalue weighted by atomic mass is 10.2. The fraction of sp³-hybridized carbons (Fsp3) is 1.00. The van der Waals surface area contributed by atoms with Crippen LogP contribution in [0, 0.1) is 0 Å². The predicted molar refractivity (Wildman–Crippen MR) is 35.2 cm³/mol. The van der Waals surface area contributed by atoms with Crippen molar-refractivity contribution in [3.63, 3.8) is 0 Å². The van der Waals surface area contributed by atoms with E-state index in [4.69, 9.17) is 9.47 Å². The Bertz CT molecular complexity index is 92.9. The molecule has 1 fully saturated rings. The zero-order valence-corrected chi connectivity index (χ0v) is 6.26. The van der Waals surface area contributed by atoms with Gasteiger partial charge in [0.05, 0.1) is 12.2 Å². The van der Waals surface area contributed by atoms with Crippen LogP contribution in [0.25, 0.3) is 0 Å². The van der Waals surface area contributed by atoms with Crippen molar-refractivity contribution in [1.82, 2.24) is 0 Å². The quantitative estimate of drug-likeness (QED) is 0.536. The first-order chi connectivity index (χ1) is 4.24. The molecule has 0 aromatic carbocycles. The summed E-state index contributed by atoms with van der Waals surface area (Å²) in [4.78, 5) is 0. The minimum absolute atomic E-state index is 0.00458. The van der Waals surface area contributed by atoms with Crippen molar-refractivity contribution >= 4 is 0 Å². The maximum atomic E-state index is 5.40. The molecule has 1 aliphatic rings. The summed E-state index contributed by atoms with van der Waals surface area (Å²) in [5, 5.41) is 0. The molecule has 1 unspecified atom stereocenters. The zero-order chi connectivity index (χ0) is 6.85. The van der Waals surface area contributed by atoms with Crippen LogP contribution in [0.5, 0.6) is 0 Å². The van der Waals surface area contributed by atoms with Gasteiger partial charge in [0, 0.05) is 0 Å². The van der Waals surface area contributed by atoms with Crippen LogP contribution in [0.15, 0.2) is 0 Å². The van der Waals surface area contributed by atoms with Gasteiger partial charge in [-0.3, -0.25) is 0 Å². The summed E-state index contributed by atoms with van der Waals surface area (Å²) in [7, 11) is 0. The van der Waals surface area contributed by atoms with Gasteiger partial charge >= 0.3 is 0 Å². The van der Waals surface area contributed by atoms with Gasteiger partial charge in [-0.25, -0.2) is 0 Å². The van der Waals surface area contributed by atoms with Gasteiger partial charge in [-0.15, -0.1) is 0 Å². The van der Waals surface area contributed by atoms with E-state index < -0.39 is 0 Å². The Hall–Kier alpha value is -0.0800. The maximum absolute atomic E-state index is 5.40. The van der Waals surface area contributed by atoms with Crippen LogP contribution in [-0.2, 0) is 9.47 Å². The maximum Gasteiger partial charge on any atom is 0.155 e. The Kier molecular flexibility index (Phi) is 2.09. The van der Waals surface area contributed by atoms with E-state index in [1.54, 1.807) is 0 Å². The van der Waals surface area contributed by atoms with Crippen molar-refractivity contribution in [3.05, 3.63) is 0 Å². The molecule has 1 rings (SSSR count). The van der Waals surface area contributed by atoms with E-state index in [9.17, 15) is 0 Å². The molecule has 0 aliphatic carbocycles. The van der Waals surface area contributed by atoms with Crippen LogP contribution in [0.1, 0.15) is 27.2 Å². The topological polar surface area (TPSA) is 18.5 Å². The van der Waals surface area contributed by atoms with Crippen LogP contribution in [0.4, 0.5) is 0 Å². The monoisotopic (exact) mass is 130 g/mol. The van der Waals surface area contributed by atoms with Gasteiger partial charge < -0.3 is 9.47 Å². The van der Waals surface area contributed by atoms with E-state index in [1.165, 1.54) is 0 Å². The van der Waals surface area contributed by atoms with Crippen molar-refractivity contribution in [1.29, 1.82) is 0 Å². The van der Waals surface area contributed by atoms with Gasteiger partial charge in [0.25, 0.3) is 0 Å². The van der Waals surface area contributed by atoms with E-state index in [2.05, 4.69) is 13.8 Å². The third-order valence-electron chi connectivity index (χ3n) is 1.70. The molecular formula is C7H14O2. The highest BCUT2D eigenvalue weighted by molar-refractivity contribution is 4.69. The molecule has 0 aromatic heterocycles. The van der Waals surface area contributed by atoms with Gasteiger partial charge in [0.1, 0.15) is 0 Å². The second-order valence-electron chi connectivity index (χ2n) is 2.49. The van der Waals surface area contributed by atoms with E-state index >= 15 is 0 Å². The summed E-state index contributed by atoms with van der Waals surface area (Å²) in [5.74, 6) is 0. The molecular weight excluding hydrogens is 116 g/mol. The third kappa shape index (κ3) is 1.43. The van der Waals surface area contributed by atoms with Gasteiger partial charge in [-0.2, -0.15) is 0 Å². The third-order valence-corrected chi connectivity index (χ3v) is 1.70. The van der Waals surface area contributed by atoms with E-state index in [-0.39, 0.29) is 12.4 Å². The molecule has 0 amide bonds. The van der Waals surface area contributed by atoms with Gasteiger partial charge in [0.2, 0.25) is 0 Å². The van der Waals surface area contributed by atoms with Gasteiger partial charge in [-0.05, 0) is 20.3 Å². The van der Waals surface area contributed by atoms with Crippen LogP contribution < -0.4 is 0 Å². The van der Waals surface area contributed by atoms with Crippen molar-refractivity contribution in [3.8, 4) is 0 Å². The summed E-state index contributed by atoms with van der Waals surface area (Å²) in [5.41, 5.74) is 0. The second-order valence-corrected chi connectivity index (χ2v) is 2.49. The average molecular weight is 130 g/mol. The second kappa shape index (κ2) is 2.67. The number of hydrogen-bond donors (Lipinski definition) is 0. The highest BCUT2D eigenvalue weighted by Gasteiger charge is 2.28. The van der Waals surface area contributed by atoms with Crippen molar-refractivity contribution in [2.24, 2.45) is 0 Å². The lowest BCUT2D eigenvalue weighted by Gasteiger charge is -2.07. The number of rotatable bonds is 1. The van der Waals surface area contributed by atoms with Gasteiger partial charge in [-0.1, -0.05) is 6.92 Å². The summed E-state index contributed by atoms with van der Waals surface area (Å²) in [6, 6.07) is 0. The van der Waals surface area contributed by atoms with Crippen molar-refractivity contribution < 1.29 is 9.47 Å². The van der Waals surface area contributed by atoms with E-state index in [0.29, 0.717) is 6.10 Å². The molecule has 0 N–H and O–H groups in total. The Morgan fingerprint density at radius 3 is 2.11 bits per heavy atom. The standard InChI is InChI=1S/C7H14O2/c1-4-7-5(2)8-6(3)9-7/h5-7H,4H2,1-3H3/t5-,6?,7+/m1/s1. The Morgan fingerprint density at radius 2 is 1.89 bits per heavy atom. The molecule has 0 spiro atoms. The molecule has 0 bridgehead atoms. The molecule has 1 saturated heterocycles. The molecule has 1 aliphatic heterocycles. The molecule has 0 saturated carbocycles. The van der Waals surface area contributed by atoms with E-state index in [0.717, 1.165) is 6.42 Å². The molecule has 9 heavy (non-hydrogen) atoms. The highest BCUT2D eigenvalue weighted by atomic mass is 16.7. The summed E-state index contributed by atoms with van der Waals surface area (Å²) < 4.78 is 10.7. The Morgan fingerprint density at radius 1 is 1.22 bits per heavy atom. The molecule has 1 heterocycles. The lowest BCUT2D eigenvalue weighted by Crippen LogP contribution is -2.17. The van der Waals surface area contributed by atoms with Gasteiger partial charge in [0.15, 0.2) is 6.29 Å². The average Bonchev–Trinajstić information content (AvgIpc) is 2.10. The molecule has 54 valence electrons. The van der Waals surface area contributed by atoms with Crippen LogP contribution in [0.2, 0.25) is 0 Å². The van der Waals surface area contributed by atoms with E-state index in [1.807, 2.05) is 6.92 Å². The minimum atomic E-state index is 0.00458. The summed E-state index contributed by atoms with van der Waals surface area (Å²) in [6.45, 7) is 6.10. The molecule has 0 radical (unpaired) electrons. The smallest absolute Gasteiger partial charge is 0.155 e. The number of hydrogen-bond acceptors (Lipinski definition) is 2. The highest BCUT2D eigenvalue weighted by Crippen LogP contribution is 2.19. The van der Waals surface area contributed by atoms with Crippen molar-refractivity contribution in [2.45, 2.75) is 45.7 Å². The predicted octanol–water partition coefficient (Wildman–Crippen LogP) is 1.55. The molecule has 2 heteroatoms. The fourth-order valence-electron chi connectivity index (χ4n) is 1.21. The minimum Gasteiger partial charge on any atom is -0.347 e. The zero-order valence-electron chi connectivity index (χ0n) is 6.26. The Labute approximate surface area is 56.2 Å². The summed E-state index contributed by atoms with van der Waals surface area (Å²) >= 11 is 0. The van der Waals surface area contributed by atoms with Crippen LogP contribution >= 0.6 is 0 Å². The molecule has 2 nitrogen and oxygen atoms in total. The normalized spacial score (nSPS) is 43.7. The summed E-state index contributed by atoms with van der Waals surface area (Å²) in [6.07, 6.45) is 1.65. The van der Waals surface area contributed by atoms with Crippen LogP contribution in [0.3, 0.4) is 0 Å². The SMILES string of the molecule is CC[C@@H]1OC(C)O[C@@H]1C. The number of ether oxygens (including phenoxy) is 2. The lowest BCUT2D eigenvalue weighted by molar-refractivity contribution is -0.0492. The largest absolute Gasteiger partial charge is 0.347 e. The van der Waals surface area contributed by atoms with Crippen molar-refractivity contribution in [2.75, 3.05) is 0 Å². The first-order valence-corrected chi connectivity index (χ1v) is 3.55.